The average molecular weight is 232 g/mol. The first-order chi connectivity index (χ1) is 8.13. The summed E-state index contributed by atoms with van der Waals surface area (Å²) in [6.45, 7) is 3.89. The van der Waals surface area contributed by atoms with Crippen LogP contribution >= 0.6 is 0 Å². The third-order valence-electron chi connectivity index (χ3n) is 2.07. The monoisotopic (exact) mass is 232 g/mol. The fraction of sp³-hybridized carbons (Fsp3) is 0.231. The van der Waals surface area contributed by atoms with Gasteiger partial charge in [0.1, 0.15) is 11.5 Å². The maximum absolute atomic E-state index is 9.17. The molecule has 0 aromatic carbocycles. The van der Waals surface area contributed by atoms with Crippen LogP contribution in [-0.4, -0.2) is 20.2 Å². The molecule has 0 bridgehead atoms. The lowest BCUT2D eigenvalue weighted by Crippen LogP contribution is -1.89. The molecule has 0 aliphatic carbocycles. The SMILES string of the molecule is CCc1nc(C)ccc1O.Oc1cccnc1. The summed E-state index contributed by atoms with van der Waals surface area (Å²) >= 11 is 0. The standard InChI is InChI=1S/C8H11NO.C5H5NO/c1-3-7-8(10)5-4-6(2)9-7;7-5-2-1-3-6-4-5/h4-5,10H,3H2,1-2H3;1-4,7H. The maximum atomic E-state index is 9.17. The minimum absolute atomic E-state index is 0.211. The molecule has 0 unspecified atom stereocenters. The summed E-state index contributed by atoms with van der Waals surface area (Å²) in [5.41, 5.74) is 1.73. The van der Waals surface area contributed by atoms with E-state index in [-0.39, 0.29) is 5.75 Å². The molecule has 0 fully saturated rings. The quantitative estimate of drug-likeness (QED) is 0.792. The van der Waals surface area contributed by atoms with Gasteiger partial charge in [0.2, 0.25) is 0 Å². The van der Waals surface area contributed by atoms with Crippen LogP contribution in [0, 0.1) is 6.92 Å². The van der Waals surface area contributed by atoms with E-state index >= 15 is 0 Å². The van der Waals surface area contributed by atoms with E-state index in [9.17, 15) is 5.11 Å². The van der Waals surface area contributed by atoms with Crippen molar-refractivity contribution in [2.45, 2.75) is 20.3 Å². The third kappa shape index (κ3) is 4.51. The summed E-state index contributed by atoms with van der Waals surface area (Å²) in [7, 11) is 0. The van der Waals surface area contributed by atoms with Crippen molar-refractivity contribution in [1.29, 1.82) is 0 Å². The molecule has 0 saturated heterocycles. The first-order valence-electron chi connectivity index (χ1n) is 5.38. The molecule has 2 rings (SSSR count). The summed E-state index contributed by atoms with van der Waals surface area (Å²) in [5.74, 6) is 0.510. The largest absolute Gasteiger partial charge is 0.506 e. The van der Waals surface area contributed by atoms with Crippen LogP contribution in [0.25, 0.3) is 0 Å². The zero-order valence-electron chi connectivity index (χ0n) is 9.96. The van der Waals surface area contributed by atoms with Crippen molar-refractivity contribution < 1.29 is 10.2 Å². The van der Waals surface area contributed by atoms with Gasteiger partial charge in [0.05, 0.1) is 11.9 Å². The molecule has 4 nitrogen and oxygen atoms in total. The molecular formula is C13H16N2O2. The molecule has 90 valence electrons. The van der Waals surface area contributed by atoms with Gasteiger partial charge >= 0.3 is 0 Å². The van der Waals surface area contributed by atoms with Crippen LogP contribution in [0.5, 0.6) is 11.5 Å². The molecule has 0 aliphatic rings. The van der Waals surface area contributed by atoms with Crippen molar-refractivity contribution in [2.75, 3.05) is 0 Å². The molecule has 2 aromatic rings. The Morgan fingerprint density at radius 1 is 1.18 bits per heavy atom. The molecule has 17 heavy (non-hydrogen) atoms. The molecule has 0 radical (unpaired) electrons. The van der Waals surface area contributed by atoms with Crippen molar-refractivity contribution >= 4 is 0 Å². The summed E-state index contributed by atoms with van der Waals surface area (Å²) in [6.07, 6.45) is 3.78. The average Bonchev–Trinajstić information content (AvgIpc) is 2.34. The molecule has 0 saturated carbocycles. The molecule has 2 N–H and O–H groups in total. The van der Waals surface area contributed by atoms with Crippen LogP contribution in [0.4, 0.5) is 0 Å². The Morgan fingerprint density at radius 3 is 2.35 bits per heavy atom. The van der Waals surface area contributed by atoms with Crippen molar-refractivity contribution in [1.82, 2.24) is 9.97 Å². The number of rotatable bonds is 1. The van der Waals surface area contributed by atoms with Crippen LogP contribution in [0.2, 0.25) is 0 Å². The number of pyridine rings is 2. The molecule has 0 amide bonds. The highest BCUT2D eigenvalue weighted by Crippen LogP contribution is 2.14. The Labute approximate surface area is 101 Å². The Hall–Kier alpha value is -2.10. The van der Waals surface area contributed by atoms with Gasteiger partial charge in [-0.25, -0.2) is 0 Å². The summed E-state index contributed by atoms with van der Waals surface area (Å²) < 4.78 is 0. The molecule has 2 heterocycles. The summed E-state index contributed by atoms with van der Waals surface area (Å²) in [5, 5.41) is 17.7. The van der Waals surface area contributed by atoms with Crippen LogP contribution in [0.15, 0.2) is 36.7 Å². The van der Waals surface area contributed by atoms with Gasteiger partial charge in [0.25, 0.3) is 0 Å². The van der Waals surface area contributed by atoms with Gasteiger partial charge in [-0.05, 0) is 37.6 Å². The Kier molecular flexibility index (Phi) is 4.94. The van der Waals surface area contributed by atoms with Gasteiger partial charge in [0.15, 0.2) is 0 Å². The van der Waals surface area contributed by atoms with Crippen LogP contribution in [-0.2, 0) is 6.42 Å². The van der Waals surface area contributed by atoms with Crippen molar-refractivity contribution in [3.05, 3.63) is 48.0 Å². The fourth-order valence-corrected chi connectivity index (χ4v) is 1.22. The van der Waals surface area contributed by atoms with E-state index in [4.69, 9.17) is 5.11 Å². The van der Waals surface area contributed by atoms with Crippen molar-refractivity contribution in [3.63, 3.8) is 0 Å². The molecular weight excluding hydrogens is 216 g/mol. The van der Waals surface area contributed by atoms with Gasteiger partial charge < -0.3 is 10.2 Å². The van der Waals surface area contributed by atoms with E-state index in [1.54, 1.807) is 30.5 Å². The molecule has 0 spiro atoms. The van der Waals surface area contributed by atoms with Crippen LogP contribution < -0.4 is 0 Å². The van der Waals surface area contributed by atoms with Gasteiger partial charge in [-0.2, -0.15) is 0 Å². The number of nitrogens with zero attached hydrogens (tertiary/aromatic N) is 2. The number of aromatic nitrogens is 2. The Balaban J connectivity index is 0.000000181. The zero-order chi connectivity index (χ0) is 12.7. The highest BCUT2D eigenvalue weighted by molar-refractivity contribution is 5.27. The van der Waals surface area contributed by atoms with E-state index < -0.39 is 0 Å². The molecule has 0 aliphatic heterocycles. The van der Waals surface area contributed by atoms with E-state index in [0.717, 1.165) is 17.8 Å². The number of aromatic hydroxyl groups is 2. The Morgan fingerprint density at radius 2 is 1.94 bits per heavy atom. The maximum Gasteiger partial charge on any atom is 0.137 e. The number of hydrogen-bond acceptors (Lipinski definition) is 4. The van der Waals surface area contributed by atoms with E-state index in [2.05, 4.69) is 9.97 Å². The lowest BCUT2D eigenvalue weighted by Gasteiger charge is -1.99. The van der Waals surface area contributed by atoms with E-state index in [0.29, 0.717) is 5.75 Å². The predicted octanol–water partition coefficient (Wildman–Crippen LogP) is 2.45. The van der Waals surface area contributed by atoms with E-state index in [1.165, 1.54) is 6.20 Å². The summed E-state index contributed by atoms with van der Waals surface area (Å²) in [4.78, 5) is 7.78. The van der Waals surface area contributed by atoms with Gasteiger partial charge in [0, 0.05) is 11.9 Å². The second kappa shape index (κ2) is 6.48. The minimum atomic E-state index is 0.211. The first kappa shape index (κ1) is 13.0. The third-order valence-corrected chi connectivity index (χ3v) is 2.07. The van der Waals surface area contributed by atoms with Crippen molar-refractivity contribution in [2.24, 2.45) is 0 Å². The smallest absolute Gasteiger partial charge is 0.137 e. The van der Waals surface area contributed by atoms with Gasteiger partial charge in [-0.1, -0.05) is 6.92 Å². The topological polar surface area (TPSA) is 66.2 Å². The second-order valence-electron chi connectivity index (χ2n) is 3.48. The number of aryl methyl sites for hydroxylation is 2. The lowest BCUT2D eigenvalue weighted by molar-refractivity contribution is 0.464. The van der Waals surface area contributed by atoms with Crippen LogP contribution in [0.1, 0.15) is 18.3 Å². The highest BCUT2D eigenvalue weighted by atomic mass is 16.3. The summed E-state index contributed by atoms with van der Waals surface area (Å²) in [6, 6.07) is 6.73. The van der Waals surface area contributed by atoms with Crippen molar-refractivity contribution in [3.8, 4) is 11.5 Å². The van der Waals surface area contributed by atoms with Gasteiger partial charge in [-0.15, -0.1) is 0 Å². The molecule has 0 atom stereocenters. The minimum Gasteiger partial charge on any atom is -0.506 e. The highest BCUT2D eigenvalue weighted by Gasteiger charge is 1.97. The Bertz CT molecular complexity index is 458. The molecule has 4 heteroatoms. The number of hydrogen-bond donors (Lipinski definition) is 2. The second-order valence-corrected chi connectivity index (χ2v) is 3.48. The van der Waals surface area contributed by atoms with Crippen LogP contribution in [0.3, 0.4) is 0 Å². The first-order valence-corrected chi connectivity index (χ1v) is 5.38. The fourth-order valence-electron chi connectivity index (χ4n) is 1.22. The zero-order valence-corrected chi connectivity index (χ0v) is 9.96. The molecule has 2 aromatic heterocycles. The lowest BCUT2D eigenvalue weighted by atomic mass is 10.2. The normalized spacial score (nSPS) is 9.29. The predicted molar refractivity (Wildman–Crippen MR) is 65.9 cm³/mol. The van der Waals surface area contributed by atoms with Gasteiger partial charge in [-0.3, -0.25) is 9.97 Å². The van der Waals surface area contributed by atoms with E-state index in [1.807, 2.05) is 13.8 Å².